The van der Waals surface area contributed by atoms with Crippen molar-refractivity contribution in [3.05, 3.63) is 23.5 Å². The van der Waals surface area contributed by atoms with Gasteiger partial charge in [-0.3, -0.25) is 4.79 Å². The van der Waals surface area contributed by atoms with Crippen molar-refractivity contribution in [1.82, 2.24) is 0 Å². The van der Waals surface area contributed by atoms with E-state index in [1.165, 1.54) is 19.2 Å². The van der Waals surface area contributed by atoms with Gasteiger partial charge in [0, 0.05) is 5.46 Å². The molecule has 1 saturated heterocycles. The Labute approximate surface area is 118 Å². The summed E-state index contributed by atoms with van der Waals surface area (Å²) in [6.45, 7) is 7.55. The van der Waals surface area contributed by atoms with Crippen molar-refractivity contribution in [1.29, 1.82) is 0 Å². The highest BCUT2D eigenvalue weighted by molar-refractivity contribution is 6.64. The zero-order valence-corrected chi connectivity index (χ0v) is 12.3. The maximum absolute atomic E-state index is 13.8. The van der Waals surface area contributed by atoms with Crippen molar-refractivity contribution < 1.29 is 23.2 Å². The molecule has 4 nitrogen and oxygen atoms in total. The fourth-order valence-corrected chi connectivity index (χ4v) is 2.09. The lowest BCUT2D eigenvalue weighted by molar-refractivity contribution is 0.00578. The van der Waals surface area contributed by atoms with E-state index in [2.05, 4.69) is 0 Å². The molecule has 1 aliphatic rings. The second kappa shape index (κ2) is 4.86. The van der Waals surface area contributed by atoms with Crippen molar-refractivity contribution in [2.75, 3.05) is 7.11 Å². The summed E-state index contributed by atoms with van der Waals surface area (Å²) in [6.07, 6.45) is 0.457. The van der Waals surface area contributed by atoms with Crippen LogP contribution < -0.4 is 10.2 Å². The molecule has 0 aliphatic carbocycles. The molecule has 2 rings (SSSR count). The number of carbonyl (C=O) groups is 1. The van der Waals surface area contributed by atoms with Crippen molar-refractivity contribution >= 4 is 18.9 Å². The smallest absolute Gasteiger partial charge is 0.497 e. The number of benzene rings is 1. The van der Waals surface area contributed by atoms with E-state index in [1.807, 2.05) is 27.7 Å². The minimum absolute atomic E-state index is 0.0946. The lowest BCUT2D eigenvalue weighted by atomic mass is 9.75. The number of halogens is 1. The third-order valence-electron chi connectivity index (χ3n) is 4.02. The quantitative estimate of drug-likeness (QED) is 0.627. The molecule has 0 unspecified atom stereocenters. The third-order valence-corrected chi connectivity index (χ3v) is 4.02. The molecule has 1 fully saturated rings. The van der Waals surface area contributed by atoms with E-state index in [9.17, 15) is 9.18 Å². The molecule has 0 radical (unpaired) electrons. The van der Waals surface area contributed by atoms with Crippen LogP contribution in [0.25, 0.3) is 0 Å². The average Bonchev–Trinajstić information content (AvgIpc) is 2.57. The van der Waals surface area contributed by atoms with Crippen LogP contribution in [0, 0.1) is 5.82 Å². The summed E-state index contributed by atoms with van der Waals surface area (Å²) in [5.41, 5.74) is -0.950. The summed E-state index contributed by atoms with van der Waals surface area (Å²) in [5, 5.41) is 0. The predicted octanol–water partition coefficient (Wildman–Crippen LogP) is 1.95. The Balaban J connectivity index is 2.54. The molecular weight excluding hydrogens is 262 g/mol. The van der Waals surface area contributed by atoms with Gasteiger partial charge in [-0.2, -0.15) is 0 Å². The Morgan fingerprint density at radius 2 is 1.75 bits per heavy atom. The fourth-order valence-electron chi connectivity index (χ4n) is 2.09. The summed E-state index contributed by atoms with van der Waals surface area (Å²) < 4.78 is 30.7. The minimum Gasteiger partial charge on any atom is -0.497 e. The Morgan fingerprint density at radius 1 is 1.20 bits per heavy atom. The van der Waals surface area contributed by atoms with E-state index < -0.39 is 24.1 Å². The third kappa shape index (κ3) is 2.23. The van der Waals surface area contributed by atoms with Crippen LogP contribution in [0.4, 0.5) is 4.39 Å². The predicted molar refractivity (Wildman–Crippen MR) is 74.1 cm³/mol. The zero-order chi connectivity index (χ0) is 15.1. The molecule has 1 heterocycles. The molecular formula is C14H18BFO4. The number of rotatable bonds is 3. The van der Waals surface area contributed by atoms with Crippen LogP contribution in [0.1, 0.15) is 38.1 Å². The van der Waals surface area contributed by atoms with E-state index in [-0.39, 0.29) is 5.56 Å². The first-order chi connectivity index (χ1) is 9.23. The molecule has 0 bridgehead atoms. The standard InChI is InChI=1S/C14H18BFO4/c1-13(2)14(3,4)20-15(19-13)12-9(8-17)10(16)6-7-11(12)18-5/h6-8H,1-5H3. The minimum atomic E-state index is -0.842. The van der Waals surface area contributed by atoms with Crippen LogP contribution in [-0.4, -0.2) is 31.7 Å². The van der Waals surface area contributed by atoms with Gasteiger partial charge in [0.1, 0.15) is 11.6 Å². The van der Waals surface area contributed by atoms with E-state index in [4.69, 9.17) is 14.0 Å². The van der Waals surface area contributed by atoms with Crippen molar-refractivity contribution in [2.45, 2.75) is 38.9 Å². The van der Waals surface area contributed by atoms with Gasteiger partial charge in [-0.15, -0.1) is 0 Å². The Kier molecular flexibility index (Phi) is 3.65. The summed E-state index contributed by atoms with van der Waals surface area (Å²) in [4.78, 5) is 11.2. The summed E-state index contributed by atoms with van der Waals surface area (Å²) in [7, 11) is 0.613. The highest BCUT2D eigenvalue weighted by Crippen LogP contribution is 2.37. The number of methoxy groups -OCH3 is 1. The van der Waals surface area contributed by atoms with Gasteiger partial charge in [-0.1, -0.05) is 0 Å². The maximum atomic E-state index is 13.8. The molecule has 1 aromatic rings. The highest BCUT2D eigenvalue weighted by atomic mass is 19.1. The topological polar surface area (TPSA) is 44.8 Å². The SMILES string of the molecule is COc1ccc(F)c(C=O)c1B1OC(C)(C)C(C)(C)O1. The van der Waals surface area contributed by atoms with Gasteiger partial charge in [-0.25, -0.2) is 4.39 Å². The second-order valence-corrected chi connectivity index (χ2v) is 5.78. The Morgan fingerprint density at radius 3 is 2.20 bits per heavy atom. The van der Waals surface area contributed by atoms with Gasteiger partial charge in [-0.05, 0) is 39.8 Å². The van der Waals surface area contributed by atoms with E-state index >= 15 is 0 Å². The fraction of sp³-hybridized carbons (Fsp3) is 0.500. The van der Waals surface area contributed by atoms with Crippen LogP contribution in [0.5, 0.6) is 5.75 Å². The Hall–Kier alpha value is -1.40. The average molecular weight is 280 g/mol. The molecule has 1 aliphatic heterocycles. The van der Waals surface area contributed by atoms with Gasteiger partial charge < -0.3 is 14.0 Å². The molecule has 1 aromatic carbocycles. The van der Waals surface area contributed by atoms with Gasteiger partial charge in [0.2, 0.25) is 0 Å². The van der Waals surface area contributed by atoms with Gasteiger partial charge >= 0.3 is 7.12 Å². The molecule has 0 N–H and O–H groups in total. The largest absolute Gasteiger partial charge is 0.499 e. The van der Waals surface area contributed by atoms with Gasteiger partial charge in [0.15, 0.2) is 6.29 Å². The molecule has 6 heteroatoms. The first kappa shape index (κ1) is 15.0. The van der Waals surface area contributed by atoms with Crippen molar-refractivity contribution in [2.24, 2.45) is 0 Å². The molecule has 0 spiro atoms. The number of carbonyl (C=O) groups excluding carboxylic acids is 1. The van der Waals surface area contributed by atoms with E-state index in [1.54, 1.807) is 0 Å². The molecule has 20 heavy (non-hydrogen) atoms. The lowest BCUT2D eigenvalue weighted by Gasteiger charge is -2.32. The van der Waals surface area contributed by atoms with Crippen molar-refractivity contribution in [3.63, 3.8) is 0 Å². The first-order valence-corrected chi connectivity index (χ1v) is 6.40. The van der Waals surface area contributed by atoms with Crippen LogP contribution in [0.2, 0.25) is 0 Å². The number of ether oxygens (including phenoxy) is 1. The molecule has 108 valence electrons. The normalized spacial score (nSPS) is 20.0. The van der Waals surface area contributed by atoms with Gasteiger partial charge in [0.05, 0.1) is 23.9 Å². The molecule has 0 saturated carbocycles. The maximum Gasteiger partial charge on any atom is 0.499 e. The van der Waals surface area contributed by atoms with Crippen LogP contribution in [0.3, 0.4) is 0 Å². The first-order valence-electron chi connectivity index (χ1n) is 6.40. The molecule has 0 aromatic heterocycles. The van der Waals surface area contributed by atoms with Crippen LogP contribution in [-0.2, 0) is 9.31 Å². The number of aldehydes is 1. The lowest BCUT2D eigenvalue weighted by Crippen LogP contribution is -2.41. The number of hydrogen-bond acceptors (Lipinski definition) is 4. The van der Waals surface area contributed by atoms with Crippen LogP contribution >= 0.6 is 0 Å². The van der Waals surface area contributed by atoms with Gasteiger partial charge in [0.25, 0.3) is 0 Å². The highest BCUT2D eigenvalue weighted by Gasteiger charge is 2.53. The molecule has 0 atom stereocenters. The van der Waals surface area contributed by atoms with Crippen molar-refractivity contribution in [3.8, 4) is 5.75 Å². The summed E-state index contributed by atoms with van der Waals surface area (Å²) in [6, 6.07) is 2.65. The second-order valence-electron chi connectivity index (χ2n) is 5.78. The monoisotopic (exact) mass is 280 g/mol. The van der Waals surface area contributed by atoms with E-state index in [0.717, 1.165) is 0 Å². The summed E-state index contributed by atoms with van der Waals surface area (Å²) in [5.74, 6) is -0.252. The summed E-state index contributed by atoms with van der Waals surface area (Å²) >= 11 is 0. The molecule has 0 amide bonds. The zero-order valence-electron chi connectivity index (χ0n) is 12.3. The van der Waals surface area contributed by atoms with Crippen LogP contribution in [0.15, 0.2) is 12.1 Å². The number of hydrogen-bond donors (Lipinski definition) is 0. The Bertz CT molecular complexity index is 526. The van der Waals surface area contributed by atoms with E-state index in [0.29, 0.717) is 17.5 Å².